The molecule has 21 heavy (non-hydrogen) atoms. The largest absolute Gasteiger partial charge is 0.495 e. The zero-order valence-electron chi connectivity index (χ0n) is 13.5. The van der Waals surface area contributed by atoms with Crippen molar-refractivity contribution in [1.29, 1.82) is 0 Å². The molecule has 1 saturated heterocycles. The molecule has 1 aliphatic heterocycles. The van der Waals surface area contributed by atoms with Crippen LogP contribution in [0.5, 0.6) is 5.75 Å². The number of ether oxygens (including phenoxy) is 1. The highest BCUT2D eigenvalue weighted by molar-refractivity contribution is 6.32. The highest BCUT2D eigenvalue weighted by atomic mass is 35.5. The lowest BCUT2D eigenvalue weighted by molar-refractivity contribution is 0.0636. The molecule has 1 aliphatic rings. The van der Waals surface area contributed by atoms with Gasteiger partial charge in [0.25, 0.3) is 0 Å². The number of likely N-dealkylation sites (tertiary alicyclic amines) is 1. The maximum Gasteiger partial charge on any atom is 0.137 e. The maximum atomic E-state index is 6.34. The topological polar surface area (TPSA) is 24.5 Å². The first-order chi connectivity index (χ1) is 10.1. The van der Waals surface area contributed by atoms with Crippen LogP contribution in [0.25, 0.3) is 0 Å². The van der Waals surface area contributed by atoms with Crippen molar-refractivity contribution in [3.63, 3.8) is 0 Å². The third-order valence-electron chi connectivity index (χ3n) is 4.44. The molecule has 0 radical (unpaired) electrons. The number of methoxy groups -OCH3 is 1. The average Bonchev–Trinajstić information content (AvgIpc) is 2.47. The number of piperidine rings is 1. The van der Waals surface area contributed by atoms with E-state index in [0.717, 1.165) is 18.8 Å². The van der Waals surface area contributed by atoms with Crippen molar-refractivity contribution in [2.75, 3.05) is 27.2 Å². The van der Waals surface area contributed by atoms with Crippen LogP contribution in [0.2, 0.25) is 5.02 Å². The summed E-state index contributed by atoms with van der Waals surface area (Å²) in [7, 11) is 3.69. The Morgan fingerprint density at radius 1 is 1.43 bits per heavy atom. The molecule has 0 aromatic heterocycles. The smallest absolute Gasteiger partial charge is 0.137 e. The van der Waals surface area contributed by atoms with Crippen molar-refractivity contribution in [2.24, 2.45) is 5.92 Å². The Labute approximate surface area is 133 Å². The summed E-state index contributed by atoms with van der Waals surface area (Å²) in [6, 6.07) is 7.19. The van der Waals surface area contributed by atoms with Gasteiger partial charge in [-0.2, -0.15) is 0 Å². The zero-order valence-corrected chi connectivity index (χ0v) is 14.3. The number of nitrogens with zero attached hydrogens (tertiary/aromatic N) is 1. The van der Waals surface area contributed by atoms with E-state index in [2.05, 4.69) is 36.2 Å². The predicted octanol–water partition coefficient (Wildman–Crippen LogP) is 3.73. The molecule has 4 heteroatoms. The van der Waals surface area contributed by atoms with Gasteiger partial charge in [-0.15, -0.1) is 0 Å². The van der Waals surface area contributed by atoms with Crippen molar-refractivity contribution in [1.82, 2.24) is 10.2 Å². The number of hydrogen-bond donors (Lipinski definition) is 1. The fourth-order valence-electron chi connectivity index (χ4n) is 3.49. The molecular weight excluding hydrogens is 284 g/mol. The number of hydrogen-bond acceptors (Lipinski definition) is 3. The second kappa shape index (κ2) is 7.48. The van der Waals surface area contributed by atoms with Crippen molar-refractivity contribution in [2.45, 2.75) is 38.8 Å². The fourth-order valence-corrected chi connectivity index (χ4v) is 3.76. The van der Waals surface area contributed by atoms with Crippen LogP contribution in [0.1, 0.15) is 38.3 Å². The van der Waals surface area contributed by atoms with Crippen molar-refractivity contribution in [3.8, 4) is 5.75 Å². The van der Waals surface area contributed by atoms with Gasteiger partial charge in [-0.1, -0.05) is 17.7 Å². The molecule has 0 amide bonds. The molecule has 118 valence electrons. The molecule has 1 aromatic rings. The highest BCUT2D eigenvalue weighted by Crippen LogP contribution is 2.39. The van der Waals surface area contributed by atoms with E-state index in [9.17, 15) is 0 Å². The summed E-state index contributed by atoms with van der Waals surface area (Å²) < 4.78 is 5.28. The molecule has 2 rings (SSSR count). The lowest BCUT2D eigenvalue weighted by Crippen LogP contribution is -2.45. The van der Waals surface area contributed by atoms with E-state index < -0.39 is 0 Å². The van der Waals surface area contributed by atoms with Crippen LogP contribution < -0.4 is 10.1 Å². The van der Waals surface area contributed by atoms with Gasteiger partial charge < -0.3 is 10.1 Å². The SMILES string of the molecule is CNCC1CCCN(C(C)C)C1c1ccc(OC)c(Cl)c1. The van der Waals surface area contributed by atoms with E-state index in [-0.39, 0.29) is 0 Å². The van der Waals surface area contributed by atoms with Crippen molar-refractivity contribution < 1.29 is 4.74 Å². The first-order valence-electron chi connectivity index (χ1n) is 7.82. The summed E-state index contributed by atoms with van der Waals surface area (Å²) in [5, 5.41) is 4.05. The summed E-state index contributed by atoms with van der Waals surface area (Å²) in [5.74, 6) is 1.37. The maximum absolute atomic E-state index is 6.34. The van der Waals surface area contributed by atoms with Crippen LogP contribution in [0.4, 0.5) is 0 Å². The second-order valence-electron chi connectivity index (χ2n) is 6.13. The first-order valence-corrected chi connectivity index (χ1v) is 8.20. The molecular formula is C17H27ClN2O. The molecule has 0 saturated carbocycles. The zero-order chi connectivity index (χ0) is 15.4. The standard InChI is InChI=1S/C17H27ClN2O/c1-12(2)20-9-5-6-14(11-19-3)17(20)13-7-8-16(21-4)15(18)10-13/h7-8,10,12,14,17,19H,5-6,9,11H2,1-4H3. The average molecular weight is 311 g/mol. The van der Waals surface area contributed by atoms with E-state index in [0.29, 0.717) is 23.0 Å². The Balaban J connectivity index is 2.34. The van der Waals surface area contributed by atoms with Crippen LogP contribution in [0.15, 0.2) is 18.2 Å². The highest BCUT2D eigenvalue weighted by Gasteiger charge is 2.33. The monoisotopic (exact) mass is 310 g/mol. The molecule has 3 nitrogen and oxygen atoms in total. The van der Waals surface area contributed by atoms with Gasteiger partial charge in [-0.3, -0.25) is 4.90 Å². The van der Waals surface area contributed by atoms with Crippen LogP contribution in [0.3, 0.4) is 0 Å². The molecule has 1 aromatic carbocycles. The van der Waals surface area contributed by atoms with E-state index in [1.165, 1.54) is 18.4 Å². The molecule has 1 heterocycles. The van der Waals surface area contributed by atoms with Gasteiger partial charge in [-0.05, 0) is 70.4 Å². The van der Waals surface area contributed by atoms with E-state index in [4.69, 9.17) is 16.3 Å². The van der Waals surface area contributed by atoms with Gasteiger partial charge in [0.15, 0.2) is 0 Å². The summed E-state index contributed by atoms with van der Waals surface area (Å²) in [4.78, 5) is 2.60. The minimum Gasteiger partial charge on any atom is -0.495 e. The summed E-state index contributed by atoms with van der Waals surface area (Å²) >= 11 is 6.34. The minimum absolute atomic E-state index is 0.426. The predicted molar refractivity (Wildman–Crippen MR) is 89.2 cm³/mol. The van der Waals surface area contributed by atoms with E-state index in [1.54, 1.807) is 7.11 Å². The molecule has 1 fully saturated rings. The van der Waals surface area contributed by atoms with Crippen LogP contribution in [-0.4, -0.2) is 38.2 Å². The molecule has 0 bridgehead atoms. The number of rotatable bonds is 5. The quantitative estimate of drug-likeness (QED) is 0.897. The minimum atomic E-state index is 0.426. The van der Waals surface area contributed by atoms with Gasteiger partial charge >= 0.3 is 0 Å². The molecule has 1 N–H and O–H groups in total. The summed E-state index contributed by atoms with van der Waals surface area (Å²) in [6.07, 6.45) is 2.53. The van der Waals surface area contributed by atoms with Gasteiger partial charge in [0.1, 0.15) is 5.75 Å². The van der Waals surface area contributed by atoms with Gasteiger partial charge in [-0.25, -0.2) is 0 Å². The van der Waals surface area contributed by atoms with Crippen molar-refractivity contribution >= 4 is 11.6 Å². The van der Waals surface area contributed by atoms with Crippen LogP contribution >= 0.6 is 11.6 Å². The van der Waals surface area contributed by atoms with Gasteiger partial charge in [0, 0.05) is 12.1 Å². The van der Waals surface area contributed by atoms with E-state index in [1.807, 2.05) is 13.1 Å². The summed E-state index contributed by atoms with van der Waals surface area (Å²) in [6.45, 7) is 6.75. The number of benzene rings is 1. The third kappa shape index (κ3) is 3.71. The molecule has 2 atom stereocenters. The Hall–Kier alpha value is -0.770. The van der Waals surface area contributed by atoms with Crippen LogP contribution in [0, 0.1) is 5.92 Å². The Kier molecular flexibility index (Phi) is 5.91. The van der Waals surface area contributed by atoms with Gasteiger partial charge in [0.2, 0.25) is 0 Å². The first kappa shape index (κ1) is 16.6. The lowest BCUT2D eigenvalue weighted by atomic mass is 9.83. The Morgan fingerprint density at radius 2 is 2.19 bits per heavy atom. The molecule has 0 spiro atoms. The molecule has 2 unspecified atom stereocenters. The lowest BCUT2D eigenvalue weighted by Gasteiger charge is -2.44. The van der Waals surface area contributed by atoms with E-state index >= 15 is 0 Å². The normalized spacial score (nSPS) is 23.5. The Bertz CT molecular complexity index is 462. The third-order valence-corrected chi connectivity index (χ3v) is 4.74. The number of nitrogens with one attached hydrogen (secondary N) is 1. The molecule has 0 aliphatic carbocycles. The fraction of sp³-hybridized carbons (Fsp3) is 0.647. The second-order valence-corrected chi connectivity index (χ2v) is 6.54. The van der Waals surface area contributed by atoms with Crippen LogP contribution in [-0.2, 0) is 0 Å². The van der Waals surface area contributed by atoms with Crippen molar-refractivity contribution in [3.05, 3.63) is 28.8 Å². The summed E-state index contributed by atoms with van der Waals surface area (Å²) in [5.41, 5.74) is 1.30. The van der Waals surface area contributed by atoms with Gasteiger partial charge in [0.05, 0.1) is 12.1 Å². The Morgan fingerprint density at radius 3 is 2.76 bits per heavy atom. The number of halogens is 1.